The maximum atomic E-state index is 12.5. The van der Waals surface area contributed by atoms with Crippen molar-refractivity contribution in [2.45, 2.75) is 38.1 Å². The number of carbonyl (C=O) groups excluding carboxylic acids is 1. The minimum absolute atomic E-state index is 0.0586. The Hall–Kier alpha value is -2.15. The van der Waals surface area contributed by atoms with Crippen molar-refractivity contribution in [3.63, 3.8) is 0 Å². The molecule has 7 heteroatoms. The molecule has 0 aliphatic heterocycles. The van der Waals surface area contributed by atoms with Crippen molar-refractivity contribution in [1.29, 1.82) is 0 Å². The lowest BCUT2D eigenvalue weighted by molar-refractivity contribution is 0.0758. The van der Waals surface area contributed by atoms with Gasteiger partial charge in [0.2, 0.25) is 0 Å². The lowest BCUT2D eigenvalue weighted by Crippen LogP contribution is -2.33. The van der Waals surface area contributed by atoms with Gasteiger partial charge >= 0.3 is 0 Å². The van der Waals surface area contributed by atoms with Crippen LogP contribution in [0.3, 0.4) is 0 Å². The molecule has 1 aliphatic rings. The van der Waals surface area contributed by atoms with Crippen LogP contribution in [0.15, 0.2) is 18.5 Å². The van der Waals surface area contributed by atoms with Gasteiger partial charge in [0.1, 0.15) is 0 Å². The van der Waals surface area contributed by atoms with E-state index in [1.54, 1.807) is 17.1 Å². The van der Waals surface area contributed by atoms with Gasteiger partial charge in [0.15, 0.2) is 0 Å². The number of carbonyl (C=O) groups is 1. The Bertz CT molecular complexity index is 769. The number of nitrogens with zero attached hydrogens (tertiary/aromatic N) is 6. The Balaban J connectivity index is 1.52. The van der Waals surface area contributed by atoms with Gasteiger partial charge in [-0.25, -0.2) is 0 Å². The molecule has 0 unspecified atom stereocenters. The predicted octanol–water partition coefficient (Wildman–Crippen LogP) is 2.26. The highest BCUT2D eigenvalue weighted by Crippen LogP contribution is 2.35. The van der Waals surface area contributed by atoms with Crippen LogP contribution in [0.2, 0.25) is 0 Å². The number of hydrogen-bond donors (Lipinski definition) is 0. The smallest absolute Gasteiger partial charge is 0.256 e. The summed E-state index contributed by atoms with van der Waals surface area (Å²) in [6.07, 6.45) is 8.02. The fourth-order valence-electron chi connectivity index (χ4n) is 4.06. The molecule has 2 heterocycles. The van der Waals surface area contributed by atoms with Crippen molar-refractivity contribution >= 4 is 5.91 Å². The van der Waals surface area contributed by atoms with E-state index < -0.39 is 0 Å². The second kappa shape index (κ2) is 8.25. The summed E-state index contributed by atoms with van der Waals surface area (Å²) in [7, 11) is 9.93. The number of aryl methyl sites for hydroxylation is 2. The second-order valence-electron chi connectivity index (χ2n) is 8.23. The van der Waals surface area contributed by atoms with Crippen molar-refractivity contribution < 1.29 is 4.79 Å². The summed E-state index contributed by atoms with van der Waals surface area (Å²) in [4.78, 5) is 16.5. The highest BCUT2D eigenvalue weighted by Gasteiger charge is 2.26. The topological polar surface area (TPSA) is 59.2 Å². The Morgan fingerprint density at radius 1 is 1.19 bits per heavy atom. The average molecular weight is 373 g/mol. The van der Waals surface area contributed by atoms with Crippen LogP contribution in [0.5, 0.6) is 0 Å². The molecular formula is C20H32N6O. The summed E-state index contributed by atoms with van der Waals surface area (Å²) in [5.41, 5.74) is 3.15. The Morgan fingerprint density at radius 2 is 1.89 bits per heavy atom. The van der Waals surface area contributed by atoms with Crippen LogP contribution in [0.25, 0.3) is 0 Å². The van der Waals surface area contributed by atoms with Crippen LogP contribution in [-0.4, -0.2) is 63.0 Å². The molecule has 3 rings (SSSR count). The monoisotopic (exact) mass is 372 g/mol. The molecule has 2 aromatic heterocycles. The summed E-state index contributed by atoms with van der Waals surface area (Å²) >= 11 is 0. The molecule has 0 spiro atoms. The molecule has 27 heavy (non-hydrogen) atoms. The molecule has 1 fully saturated rings. The molecular weight excluding hydrogens is 340 g/mol. The first-order valence-corrected chi connectivity index (χ1v) is 9.75. The second-order valence-corrected chi connectivity index (χ2v) is 8.23. The third-order valence-corrected chi connectivity index (χ3v) is 5.57. The first kappa shape index (κ1) is 19.6. The molecule has 0 bridgehead atoms. The van der Waals surface area contributed by atoms with Crippen LogP contribution in [0.1, 0.15) is 53.3 Å². The highest BCUT2D eigenvalue weighted by atomic mass is 16.2. The van der Waals surface area contributed by atoms with Gasteiger partial charge in [0, 0.05) is 46.3 Å². The standard InChI is InChI=1S/C20H32N6O/c1-23(2)14-18-10-19(22-26(18)5)16-8-6-15(7-9-16)12-24(3)20(27)17-11-21-25(4)13-17/h10-11,13,15-16H,6-9,12,14H2,1-5H3. The molecule has 1 amide bonds. The summed E-state index contributed by atoms with van der Waals surface area (Å²) in [6.45, 7) is 1.73. The zero-order valence-electron chi connectivity index (χ0n) is 17.2. The van der Waals surface area contributed by atoms with Crippen LogP contribution < -0.4 is 0 Å². The van der Waals surface area contributed by atoms with Gasteiger partial charge in [-0.05, 0) is 51.8 Å². The third kappa shape index (κ3) is 4.77. The molecule has 0 saturated heterocycles. The summed E-state index contributed by atoms with van der Waals surface area (Å²) in [5, 5.41) is 8.85. The van der Waals surface area contributed by atoms with E-state index >= 15 is 0 Å². The third-order valence-electron chi connectivity index (χ3n) is 5.57. The minimum Gasteiger partial charge on any atom is -0.341 e. The van der Waals surface area contributed by atoms with E-state index in [0.29, 0.717) is 17.4 Å². The van der Waals surface area contributed by atoms with Crippen molar-refractivity contribution in [3.8, 4) is 0 Å². The lowest BCUT2D eigenvalue weighted by atomic mass is 9.80. The van der Waals surface area contributed by atoms with Crippen molar-refractivity contribution in [1.82, 2.24) is 29.4 Å². The van der Waals surface area contributed by atoms with Crippen LogP contribution in [0.4, 0.5) is 0 Å². The number of aromatic nitrogens is 4. The van der Waals surface area contributed by atoms with E-state index in [1.807, 2.05) is 30.7 Å². The molecule has 1 aliphatic carbocycles. The maximum Gasteiger partial charge on any atom is 0.256 e. The molecule has 7 nitrogen and oxygen atoms in total. The Labute approximate surface area is 161 Å². The van der Waals surface area contributed by atoms with Crippen LogP contribution in [-0.2, 0) is 20.6 Å². The lowest BCUT2D eigenvalue weighted by Gasteiger charge is -2.30. The van der Waals surface area contributed by atoms with Gasteiger partial charge in [0.25, 0.3) is 5.91 Å². The number of amides is 1. The van der Waals surface area contributed by atoms with Gasteiger partial charge in [0.05, 0.1) is 23.1 Å². The highest BCUT2D eigenvalue weighted by molar-refractivity contribution is 5.93. The number of hydrogen-bond acceptors (Lipinski definition) is 4. The largest absolute Gasteiger partial charge is 0.341 e. The minimum atomic E-state index is 0.0586. The molecule has 0 atom stereocenters. The van der Waals surface area contributed by atoms with Gasteiger partial charge in [-0.2, -0.15) is 10.2 Å². The quantitative estimate of drug-likeness (QED) is 0.780. The summed E-state index contributed by atoms with van der Waals surface area (Å²) in [6, 6.07) is 2.27. The van der Waals surface area contributed by atoms with E-state index in [1.165, 1.54) is 11.4 Å². The van der Waals surface area contributed by atoms with Gasteiger partial charge in [-0.1, -0.05) is 0 Å². The first-order chi connectivity index (χ1) is 12.8. The summed E-state index contributed by atoms with van der Waals surface area (Å²) < 4.78 is 3.69. The molecule has 0 aromatic carbocycles. The zero-order chi connectivity index (χ0) is 19.6. The predicted molar refractivity (Wildman–Crippen MR) is 105 cm³/mol. The maximum absolute atomic E-state index is 12.5. The molecule has 148 valence electrons. The average Bonchev–Trinajstić information content (AvgIpc) is 3.21. The molecule has 2 aromatic rings. The normalized spacial score (nSPS) is 20.2. The molecule has 0 radical (unpaired) electrons. The van der Waals surface area contributed by atoms with Crippen LogP contribution in [0, 0.1) is 5.92 Å². The van der Waals surface area contributed by atoms with E-state index in [-0.39, 0.29) is 5.91 Å². The molecule has 1 saturated carbocycles. The van der Waals surface area contributed by atoms with Gasteiger partial charge in [-0.3, -0.25) is 14.2 Å². The van der Waals surface area contributed by atoms with Crippen molar-refractivity contribution in [2.24, 2.45) is 20.0 Å². The van der Waals surface area contributed by atoms with Crippen molar-refractivity contribution in [3.05, 3.63) is 35.4 Å². The van der Waals surface area contributed by atoms with E-state index in [0.717, 1.165) is 38.8 Å². The van der Waals surface area contributed by atoms with Crippen LogP contribution >= 0.6 is 0 Å². The fraction of sp³-hybridized carbons (Fsp3) is 0.650. The molecule has 0 N–H and O–H groups in total. The Kier molecular flexibility index (Phi) is 5.99. The first-order valence-electron chi connectivity index (χ1n) is 9.75. The fourth-order valence-corrected chi connectivity index (χ4v) is 4.06. The SMILES string of the molecule is CN(C)Cc1cc(C2CCC(CN(C)C(=O)c3cnn(C)c3)CC2)nn1C. The zero-order valence-corrected chi connectivity index (χ0v) is 17.2. The van der Waals surface area contributed by atoms with E-state index in [4.69, 9.17) is 5.10 Å². The Morgan fingerprint density at radius 3 is 2.48 bits per heavy atom. The van der Waals surface area contributed by atoms with Crippen molar-refractivity contribution in [2.75, 3.05) is 27.7 Å². The van der Waals surface area contributed by atoms with Gasteiger partial charge in [-0.15, -0.1) is 0 Å². The van der Waals surface area contributed by atoms with E-state index in [9.17, 15) is 4.79 Å². The summed E-state index contributed by atoms with van der Waals surface area (Å²) in [5.74, 6) is 1.17. The van der Waals surface area contributed by atoms with E-state index in [2.05, 4.69) is 30.2 Å². The van der Waals surface area contributed by atoms with Gasteiger partial charge < -0.3 is 9.80 Å². The number of rotatable bonds is 6.